The Morgan fingerprint density at radius 3 is 3.12 bits per heavy atom. The van der Waals surface area contributed by atoms with Gasteiger partial charge in [0.2, 0.25) is 0 Å². The summed E-state index contributed by atoms with van der Waals surface area (Å²) in [5.41, 5.74) is 0.236. The summed E-state index contributed by atoms with van der Waals surface area (Å²) >= 11 is 1.85. The van der Waals surface area contributed by atoms with Gasteiger partial charge < -0.3 is 10.1 Å². The summed E-state index contributed by atoms with van der Waals surface area (Å²) in [6.07, 6.45) is 5.06. The third kappa shape index (κ3) is 3.38. The fourth-order valence-corrected chi connectivity index (χ4v) is 3.62. The molecule has 2 heterocycles. The van der Waals surface area contributed by atoms with Crippen molar-refractivity contribution in [3.8, 4) is 0 Å². The van der Waals surface area contributed by atoms with Gasteiger partial charge >= 0.3 is 0 Å². The highest BCUT2D eigenvalue weighted by Gasteiger charge is 2.29. The number of thioether (sulfide) groups is 1. The van der Waals surface area contributed by atoms with Crippen LogP contribution in [0.2, 0.25) is 0 Å². The Balaban J connectivity index is 1.96. The van der Waals surface area contributed by atoms with E-state index >= 15 is 0 Å². The molecule has 3 atom stereocenters. The monoisotopic (exact) mass is 256 g/mol. The Bertz CT molecular complexity index is 289. The van der Waals surface area contributed by atoms with E-state index in [9.17, 15) is 0 Å². The van der Waals surface area contributed by atoms with Gasteiger partial charge in [-0.1, -0.05) is 18.7 Å². The number of amidine groups is 1. The van der Waals surface area contributed by atoms with Crippen LogP contribution in [0.5, 0.6) is 0 Å². The summed E-state index contributed by atoms with van der Waals surface area (Å²) in [5, 5.41) is 4.71. The molecular formula is C13H24N2OS. The number of nitrogens with zero attached hydrogens (tertiary/aromatic N) is 1. The van der Waals surface area contributed by atoms with Crippen molar-refractivity contribution in [3.63, 3.8) is 0 Å². The van der Waals surface area contributed by atoms with Crippen LogP contribution >= 0.6 is 11.8 Å². The maximum absolute atomic E-state index is 5.69. The molecule has 2 rings (SSSR count). The summed E-state index contributed by atoms with van der Waals surface area (Å²) in [6, 6.07) is 0.284. The van der Waals surface area contributed by atoms with E-state index in [2.05, 4.69) is 26.1 Å². The molecule has 0 bridgehead atoms. The predicted molar refractivity (Wildman–Crippen MR) is 74.8 cm³/mol. The van der Waals surface area contributed by atoms with Crippen LogP contribution in [0.3, 0.4) is 0 Å². The lowest BCUT2D eigenvalue weighted by atomic mass is 9.96. The zero-order chi connectivity index (χ0) is 12.3. The first-order valence-electron chi connectivity index (χ1n) is 6.73. The molecule has 0 spiro atoms. The Labute approximate surface area is 109 Å². The Morgan fingerprint density at radius 1 is 1.65 bits per heavy atom. The highest BCUT2D eigenvalue weighted by atomic mass is 32.2. The molecule has 3 nitrogen and oxygen atoms in total. The van der Waals surface area contributed by atoms with Crippen LogP contribution < -0.4 is 5.32 Å². The average molecular weight is 256 g/mol. The van der Waals surface area contributed by atoms with E-state index in [-0.39, 0.29) is 11.6 Å². The normalized spacial score (nSPS) is 38.1. The van der Waals surface area contributed by atoms with Gasteiger partial charge in [-0.2, -0.15) is 0 Å². The summed E-state index contributed by atoms with van der Waals surface area (Å²) in [6.45, 7) is 7.61. The number of ether oxygens (including phenoxy) is 1. The number of aliphatic imine (C=N–C) groups is 1. The minimum atomic E-state index is 0.236. The lowest BCUT2D eigenvalue weighted by Gasteiger charge is -2.35. The largest absolute Gasteiger partial charge is 0.376 e. The smallest absolute Gasteiger partial charge is 0.157 e. The fourth-order valence-electron chi connectivity index (χ4n) is 2.32. The molecule has 0 aliphatic carbocycles. The predicted octanol–water partition coefficient (Wildman–Crippen LogP) is 2.81. The Kier molecular flexibility index (Phi) is 4.36. The highest BCUT2D eigenvalue weighted by molar-refractivity contribution is 8.13. The molecule has 0 saturated carbocycles. The highest BCUT2D eigenvalue weighted by Crippen LogP contribution is 2.26. The van der Waals surface area contributed by atoms with Crippen LogP contribution in [0.15, 0.2) is 4.99 Å². The second-order valence-electron chi connectivity index (χ2n) is 5.36. The molecule has 0 aromatic heterocycles. The number of hydrogen-bond acceptors (Lipinski definition) is 3. The van der Waals surface area contributed by atoms with E-state index in [4.69, 9.17) is 9.73 Å². The Morgan fingerprint density at radius 2 is 2.47 bits per heavy atom. The third-order valence-corrected chi connectivity index (χ3v) is 4.79. The van der Waals surface area contributed by atoms with Crippen LogP contribution in [0.1, 0.15) is 46.5 Å². The van der Waals surface area contributed by atoms with Crippen molar-refractivity contribution in [1.82, 2.24) is 5.32 Å². The lowest BCUT2D eigenvalue weighted by molar-refractivity contribution is 0.0952. The van der Waals surface area contributed by atoms with Crippen molar-refractivity contribution in [3.05, 3.63) is 0 Å². The maximum Gasteiger partial charge on any atom is 0.157 e. The molecule has 0 amide bonds. The van der Waals surface area contributed by atoms with Crippen LogP contribution in [0.25, 0.3) is 0 Å². The molecule has 3 unspecified atom stereocenters. The topological polar surface area (TPSA) is 33.6 Å². The first kappa shape index (κ1) is 13.2. The number of nitrogens with one attached hydrogen (secondary N) is 1. The van der Waals surface area contributed by atoms with Crippen molar-refractivity contribution >= 4 is 16.9 Å². The zero-order valence-corrected chi connectivity index (χ0v) is 12.0. The molecule has 98 valence electrons. The van der Waals surface area contributed by atoms with Crippen LogP contribution in [-0.4, -0.2) is 35.2 Å². The van der Waals surface area contributed by atoms with Crippen molar-refractivity contribution in [2.75, 3.05) is 12.4 Å². The SMILES string of the molecule is CCC1(C)CCSC(=NC(C)C2CCCO2)N1. The van der Waals surface area contributed by atoms with Crippen LogP contribution in [0.4, 0.5) is 0 Å². The third-order valence-electron chi connectivity index (χ3n) is 3.91. The molecule has 17 heavy (non-hydrogen) atoms. The van der Waals surface area contributed by atoms with E-state index < -0.39 is 0 Å². The molecule has 0 aromatic rings. The van der Waals surface area contributed by atoms with E-state index in [1.54, 1.807) is 0 Å². The summed E-state index contributed by atoms with van der Waals surface area (Å²) < 4.78 is 5.69. The standard InChI is InChI=1S/C13H24N2OS/c1-4-13(3)7-9-17-12(15-13)14-10(2)11-6-5-8-16-11/h10-11H,4-9H2,1-3H3,(H,14,15). The molecule has 2 fully saturated rings. The lowest BCUT2D eigenvalue weighted by Crippen LogP contribution is -2.48. The van der Waals surface area contributed by atoms with Gasteiger partial charge in [0.25, 0.3) is 0 Å². The van der Waals surface area contributed by atoms with Gasteiger partial charge in [-0.3, -0.25) is 4.99 Å². The van der Waals surface area contributed by atoms with Crippen LogP contribution in [0, 0.1) is 0 Å². The number of rotatable bonds is 3. The average Bonchev–Trinajstić information content (AvgIpc) is 2.82. The molecule has 0 aromatic carbocycles. The molecule has 1 N–H and O–H groups in total. The molecular weight excluding hydrogens is 232 g/mol. The van der Waals surface area contributed by atoms with Gasteiger partial charge in [0.15, 0.2) is 5.17 Å². The van der Waals surface area contributed by atoms with E-state index in [0.717, 1.165) is 24.6 Å². The maximum atomic E-state index is 5.69. The van der Waals surface area contributed by atoms with E-state index in [0.29, 0.717) is 6.10 Å². The molecule has 4 heteroatoms. The van der Waals surface area contributed by atoms with Gasteiger partial charge in [0, 0.05) is 17.9 Å². The van der Waals surface area contributed by atoms with Gasteiger partial charge in [-0.25, -0.2) is 0 Å². The van der Waals surface area contributed by atoms with E-state index in [1.807, 2.05) is 11.8 Å². The minimum absolute atomic E-state index is 0.236. The second-order valence-corrected chi connectivity index (χ2v) is 6.45. The van der Waals surface area contributed by atoms with Gasteiger partial charge in [-0.15, -0.1) is 0 Å². The Hall–Kier alpha value is -0.220. The summed E-state index contributed by atoms with van der Waals surface area (Å²) in [4.78, 5) is 4.80. The number of hydrogen-bond donors (Lipinski definition) is 1. The van der Waals surface area contributed by atoms with Gasteiger partial charge in [-0.05, 0) is 39.5 Å². The van der Waals surface area contributed by atoms with Crippen molar-refractivity contribution < 1.29 is 4.74 Å². The molecule has 2 aliphatic heterocycles. The minimum Gasteiger partial charge on any atom is -0.376 e. The van der Waals surface area contributed by atoms with Gasteiger partial charge in [0.1, 0.15) is 0 Å². The zero-order valence-electron chi connectivity index (χ0n) is 11.2. The summed E-state index contributed by atoms with van der Waals surface area (Å²) in [7, 11) is 0. The van der Waals surface area contributed by atoms with Crippen molar-refractivity contribution in [2.45, 2.75) is 64.1 Å². The molecule has 2 saturated heterocycles. The molecule has 0 radical (unpaired) electrons. The van der Waals surface area contributed by atoms with Crippen molar-refractivity contribution in [1.29, 1.82) is 0 Å². The van der Waals surface area contributed by atoms with E-state index in [1.165, 1.54) is 18.6 Å². The quantitative estimate of drug-likeness (QED) is 0.843. The fraction of sp³-hybridized carbons (Fsp3) is 0.923. The van der Waals surface area contributed by atoms with Crippen LogP contribution in [-0.2, 0) is 4.74 Å². The van der Waals surface area contributed by atoms with Gasteiger partial charge in [0.05, 0.1) is 12.1 Å². The second kappa shape index (κ2) is 5.61. The first-order chi connectivity index (χ1) is 8.13. The molecule has 2 aliphatic rings. The first-order valence-corrected chi connectivity index (χ1v) is 7.72. The van der Waals surface area contributed by atoms with Crippen molar-refractivity contribution in [2.24, 2.45) is 4.99 Å². The summed E-state index contributed by atoms with van der Waals surface area (Å²) in [5.74, 6) is 1.18.